The van der Waals surface area contributed by atoms with E-state index in [0.29, 0.717) is 0 Å². The van der Waals surface area contributed by atoms with E-state index in [9.17, 15) is 37.5 Å². The van der Waals surface area contributed by atoms with Crippen LogP contribution in [-0.2, 0) is 38.1 Å². The molecule has 27 heavy (non-hydrogen) atoms. The molecule has 1 saturated heterocycles. The number of aliphatic hydroxyl groups is 1. The molecule has 5 atom stereocenters. The molecule has 0 saturated carbocycles. The zero-order valence-corrected chi connectivity index (χ0v) is 14.4. The largest absolute Gasteiger partial charge is 0.471 e. The minimum absolute atomic E-state index is 0.567. The Bertz CT molecular complexity index is 595. The predicted molar refractivity (Wildman–Crippen MR) is 76.6 cm³/mol. The van der Waals surface area contributed by atoms with Crippen molar-refractivity contribution in [3.63, 3.8) is 0 Å². The number of carbonyl (C=O) groups excluding carboxylic acids is 4. The number of ether oxygens (including phenoxy) is 4. The van der Waals surface area contributed by atoms with Crippen molar-refractivity contribution in [2.75, 3.05) is 6.61 Å². The number of hydrogen-bond acceptors (Lipinski definition) is 9. The number of esters is 3. The second-order valence-electron chi connectivity index (χ2n) is 5.51. The molecule has 0 bridgehead atoms. The third-order valence-electron chi connectivity index (χ3n) is 3.28. The van der Waals surface area contributed by atoms with Crippen LogP contribution in [0.2, 0.25) is 0 Å². The molecule has 10 nitrogen and oxygen atoms in total. The van der Waals surface area contributed by atoms with Crippen molar-refractivity contribution in [1.82, 2.24) is 5.32 Å². The van der Waals surface area contributed by atoms with E-state index in [1.807, 2.05) is 0 Å². The lowest BCUT2D eigenvalue weighted by molar-refractivity contribution is -0.266. The molecule has 1 rings (SSSR count). The van der Waals surface area contributed by atoms with Gasteiger partial charge < -0.3 is 29.4 Å². The summed E-state index contributed by atoms with van der Waals surface area (Å²) in [5, 5.41) is 11.4. The second-order valence-corrected chi connectivity index (χ2v) is 5.51. The number of halogens is 3. The first-order valence-electron chi connectivity index (χ1n) is 7.52. The molecule has 1 aliphatic heterocycles. The summed E-state index contributed by atoms with van der Waals surface area (Å²) in [4.78, 5) is 44.9. The average molecular weight is 401 g/mol. The third kappa shape index (κ3) is 6.67. The average Bonchev–Trinajstić information content (AvgIpc) is 2.49. The van der Waals surface area contributed by atoms with Crippen LogP contribution < -0.4 is 5.32 Å². The number of alkyl halides is 3. The van der Waals surface area contributed by atoms with Crippen LogP contribution in [0.3, 0.4) is 0 Å². The summed E-state index contributed by atoms with van der Waals surface area (Å²) >= 11 is 0. The van der Waals surface area contributed by atoms with E-state index in [4.69, 9.17) is 18.9 Å². The van der Waals surface area contributed by atoms with E-state index in [0.717, 1.165) is 20.8 Å². The molecular formula is C14H18F3NO9. The van der Waals surface area contributed by atoms with Crippen LogP contribution >= 0.6 is 0 Å². The van der Waals surface area contributed by atoms with Gasteiger partial charge in [-0.3, -0.25) is 19.2 Å². The quantitative estimate of drug-likeness (QED) is 0.447. The monoisotopic (exact) mass is 401 g/mol. The highest BCUT2D eigenvalue weighted by Crippen LogP contribution is 2.27. The van der Waals surface area contributed by atoms with Gasteiger partial charge in [-0.05, 0) is 0 Å². The fraction of sp³-hybridized carbons (Fsp3) is 0.714. The van der Waals surface area contributed by atoms with E-state index < -0.39 is 67.2 Å². The van der Waals surface area contributed by atoms with E-state index >= 15 is 0 Å². The van der Waals surface area contributed by atoms with Gasteiger partial charge in [0.05, 0.1) is 0 Å². The summed E-state index contributed by atoms with van der Waals surface area (Å²) in [6, 6.07) is -1.92. The Morgan fingerprint density at radius 1 is 1.00 bits per heavy atom. The summed E-state index contributed by atoms with van der Waals surface area (Å²) in [5.41, 5.74) is 0. The second kappa shape index (κ2) is 8.99. The zero-order valence-electron chi connectivity index (χ0n) is 14.4. The summed E-state index contributed by atoms with van der Waals surface area (Å²) in [7, 11) is 0. The number of amides is 1. The number of hydrogen-bond donors (Lipinski definition) is 2. The minimum Gasteiger partial charge on any atom is -0.463 e. The molecule has 1 heterocycles. The van der Waals surface area contributed by atoms with Crippen molar-refractivity contribution >= 4 is 23.8 Å². The Morgan fingerprint density at radius 3 is 1.96 bits per heavy atom. The topological polar surface area (TPSA) is 137 Å². The Hall–Kier alpha value is -2.41. The van der Waals surface area contributed by atoms with Gasteiger partial charge in [-0.1, -0.05) is 0 Å². The predicted octanol–water partition coefficient (Wildman–Crippen LogP) is -0.823. The van der Waals surface area contributed by atoms with Crippen molar-refractivity contribution in [3.05, 3.63) is 0 Å². The summed E-state index contributed by atoms with van der Waals surface area (Å²) < 4.78 is 57.1. The fourth-order valence-corrected chi connectivity index (χ4v) is 2.31. The lowest BCUT2D eigenvalue weighted by Crippen LogP contribution is -2.67. The van der Waals surface area contributed by atoms with Crippen LogP contribution in [-0.4, -0.2) is 72.3 Å². The van der Waals surface area contributed by atoms with Gasteiger partial charge >= 0.3 is 30.0 Å². The molecule has 0 aromatic rings. The molecule has 0 aliphatic carbocycles. The van der Waals surface area contributed by atoms with Crippen LogP contribution in [0.5, 0.6) is 0 Å². The SMILES string of the molecule is CC(=O)OCC1O[C@H](O)[C@H](NC(=O)C(F)(F)F)C(OC(C)=O)[C@@H]1OC(C)=O. The van der Waals surface area contributed by atoms with E-state index in [-0.39, 0.29) is 0 Å². The first-order valence-corrected chi connectivity index (χ1v) is 7.52. The van der Waals surface area contributed by atoms with E-state index in [1.165, 1.54) is 5.32 Å². The highest BCUT2D eigenvalue weighted by Gasteiger charge is 2.52. The molecule has 0 radical (unpaired) electrons. The van der Waals surface area contributed by atoms with E-state index in [1.54, 1.807) is 0 Å². The van der Waals surface area contributed by atoms with Crippen LogP contribution in [0.25, 0.3) is 0 Å². The zero-order chi connectivity index (χ0) is 20.9. The van der Waals surface area contributed by atoms with Gasteiger partial charge in [0.25, 0.3) is 0 Å². The van der Waals surface area contributed by atoms with Crippen LogP contribution in [0.15, 0.2) is 0 Å². The summed E-state index contributed by atoms with van der Waals surface area (Å²) in [5.74, 6) is -5.12. The number of nitrogens with one attached hydrogen (secondary N) is 1. The molecule has 154 valence electrons. The first-order chi connectivity index (χ1) is 12.3. The standard InChI is InChI=1S/C14H18F3NO9/c1-5(19)24-4-8-10(25-6(2)20)11(26-7(3)21)9(12(22)27-8)18-13(23)14(15,16)17/h8-12,22H,4H2,1-3H3,(H,18,23)/t8?,9-,10-,11?,12+/m1/s1. The van der Waals surface area contributed by atoms with Gasteiger partial charge in [0, 0.05) is 20.8 Å². The Balaban J connectivity index is 3.18. The van der Waals surface area contributed by atoms with Gasteiger partial charge in [-0.15, -0.1) is 0 Å². The molecule has 1 fully saturated rings. The smallest absolute Gasteiger partial charge is 0.463 e. The summed E-state index contributed by atoms with van der Waals surface area (Å²) in [6.07, 6.45) is -12.1. The van der Waals surface area contributed by atoms with Gasteiger partial charge in [-0.2, -0.15) is 13.2 Å². The highest BCUT2D eigenvalue weighted by atomic mass is 19.4. The van der Waals surface area contributed by atoms with Crippen molar-refractivity contribution in [3.8, 4) is 0 Å². The van der Waals surface area contributed by atoms with Crippen molar-refractivity contribution < 1.29 is 56.4 Å². The lowest BCUT2D eigenvalue weighted by atomic mass is 9.96. The van der Waals surface area contributed by atoms with Crippen molar-refractivity contribution in [2.45, 2.75) is 57.6 Å². The molecule has 0 aromatic heterocycles. The van der Waals surface area contributed by atoms with Gasteiger partial charge in [0.2, 0.25) is 0 Å². The molecule has 13 heteroatoms. The highest BCUT2D eigenvalue weighted by molar-refractivity contribution is 5.82. The van der Waals surface area contributed by atoms with Crippen molar-refractivity contribution in [1.29, 1.82) is 0 Å². The minimum atomic E-state index is -5.30. The maximum Gasteiger partial charge on any atom is 0.471 e. The lowest BCUT2D eigenvalue weighted by Gasteiger charge is -2.43. The number of rotatable bonds is 5. The molecule has 2 unspecified atom stereocenters. The van der Waals surface area contributed by atoms with Gasteiger partial charge in [0.15, 0.2) is 18.5 Å². The van der Waals surface area contributed by atoms with Crippen LogP contribution in [0.4, 0.5) is 13.2 Å². The molecule has 1 aliphatic rings. The molecule has 2 N–H and O–H groups in total. The van der Waals surface area contributed by atoms with Gasteiger partial charge in [-0.25, -0.2) is 0 Å². The van der Waals surface area contributed by atoms with Crippen LogP contribution in [0.1, 0.15) is 20.8 Å². The Kier molecular flexibility index (Phi) is 7.54. The fourth-order valence-electron chi connectivity index (χ4n) is 2.31. The third-order valence-corrected chi connectivity index (χ3v) is 3.28. The Labute approximate surface area is 150 Å². The molecule has 0 aromatic carbocycles. The molecule has 1 amide bonds. The van der Waals surface area contributed by atoms with Crippen LogP contribution in [0, 0.1) is 0 Å². The maximum atomic E-state index is 12.5. The van der Waals surface area contributed by atoms with Gasteiger partial charge in [0.1, 0.15) is 18.8 Å². The number of carbonyl (C=O) groups is 4. The summed E-state index contributed by atoms with van der Waals surface area (Å²) in [6.45, 7) is 2.36. The Morgan fingerprint density at radius 2 is 1.52 bits per heavy atom. The normalized spacial score (nSPS) is 28.0. The maximum absolute atomic E-state index is 12.5. The van der Waals surface area contributed by atoms with Crippen molar-refractivity contribution in [2.24, 2.45) is 0 Å². The first kappa shape index (κ1) is 22.6. The van der Waals surface area contributed by atoms with E-state index in [2.05, 4.69) is 0 Å². The molecule has 0 spiro atoms. The molecular weight excluding hydrogens is 383 g/mol. The number of aliphatic hydroxyl groups excluding tert-OH is 1.